The molecule has 8 nitrogen and oxygen atoms in total. The van der Waals surface area contributed by atoms with E-state index < -0.39 is 10.0 Å². The number of halogens is 1. The maximum absolute atomic E-state index is 13.3. The van der Waals surface area contributed by atoms with Crippen LogP contribution in [-0.2, 0) is 27.6 Å². The van der Waals surface area contributed by atoms with Crippen molar-refractivity contribution < 1.29 is 22.3 Å². The van der Waals surface area contributed by atoms with Gasteiger partial charge in [0.25, 0.3) is 5.91 Å². The molecule has 4 rings (SSSR count). The molecule has 0 spiro atoms. The van der Waals surface area contributed by atoms with Crippen LogP contribution in [-0.4, -0.2) is 66.0 Å². The molecule has 2 aromatic rings. The monoisotopic (exact) mass is 464 g/mol. The molecule has 1 fully saturated rings. The quantitative estimate of drug-likeness (QED) is 0.706. The van der Waals surface area contributed by atoms with Crippen molar-refractivity contribution in [2.45, 2.75) is 51.7 Å². The van der Waals surface area contributed by atoms with E-state index in [-0.39, 0.29) is 36.2 Å². The molecule has 174 valence electrons. The van der Waals surface area contributed by atoms with Gasteiger partial charge in [-0.25, -0.2) is 17.5 Å². The summed E-state index contributed by atoms with van der Waals surface area (Å²) in [6.07, 6.45) is 3.16. The first-order chi connectivity index (χ1) is 15.2. The molecule has 32 heavy (non-hydrogen) atoms. The Bertz CT molecular complexity index is 1070. The normalized spacial score (nSPS) is 21.8. The highest BCUT2D eigenvalue weighted by Crippen LogP contribution is 2.27. The molecule has 1 aromatic carbocycles. The van der Waals surface area contributed by atoms with Gasteiger partial charge in [0.2, 0.25) is 10.0 Å². The van der Waals surface area contributed by atoms with Crippen LogP contribution in [0.3, 0.4) is 0 Å². The van der Waals surface area contributed by atoms with Crippen LogP contribution in [0.1, 0.15) is 48.4 Å². The molecule has 1 amide bonds. The van der Waals surface area contributed by atoms with Crippen molar-refractivity contribution in [1.29, 1.82) is 0 Å². The van der Waals surface area contributed by atoms with Gasteiger partial charge in [0, 0.05) is 30.9 Å². The summed E-state index contributed by atoms with van der Waals surface area (Å²) in [5.41, 5.74) is 2.85. The highest BCUT2D eigenvalue weighted by molar-refractivity contribution is 7.89. The average Bonchev–Trinajstić information content (AvgIpc) is 3.13. The fourth-order valence-electron chi connectivity index (χ4n) is 4.44. The molecule has 2 atom stereocenters. The van der Waals surface area contributed by atoms with E-state index in [4.69, 9.17) is 4.74 Å². The summed E-state index contributed by atoms with van der Waals surface area (Å²) in [7, 11) is -3.51. The summed E-state index contributed by atoms with van der Waals surface area (Å²) in [6, 6.07) is 6.00. The number of fused-ring (bicyclic) bond motifs is 1. The van der Waals surface area contributed by atoms with E-state index in [0.29, 0.717) is 24.5 Å². The maximum atomic E-state index is 13.3. The SMILES string of the molecule is CC1CN(S(=O)(=O)CCNC(=O)c2nn(-c3ccc(F)cc3)c3c2CCCC3)CC(C)O1. The zero-order valence-corrected chi connectivity index (χ0v) is 19.2. The Labute approximate surface area is 187 Å². The predicted molar refractivity (Wildman–Crippen MR) is 118 cm³/mol. The molecule has 2 unspecified atom stereocenters. The van der Waals surface area contributed by atoms with Gasteiger partial charge >= 0.3 is 0 Å². The number of hydrogen-bond donors (Lipinski definition) is 1. The van der Waals surface area contributed by atoms with Crippen LogP contribution in [0.15, 0.2) is 24.3 Å². The fraction of sp³-hybridized carbons (Fsp3) is 0.545. The number of ether oxygens (including phenoxy) is 1. The number of rotatable bonds is 6. The minimum atomic E-state index is -3.51. The maximum Gasteiger partial charge on any atom is 0.272 e. The summed E-state index contributed by atoms with van der Waals surface area (Å²) in [4.78, 5) is 12.9. The van der Waals surface area contributed by atoms with E-state index in [0.717, 1.165) is 36.9 Å². The molecule has 0 bridgehead atoms. The van der Waals surface area contributed by atoms with Gasteiger partial charge in [-0.2, -0.15) is 9.40 Å². The third-order valence-electron chi connectivity index (χ3n) is 5.89. The molecule has 1 aliphatic heterocycles. The lowest BCUT2D eigenvalue weighted by atomic mass is 9.95. The van der Waals surface area contributed by atoms with Gasteiger partial charge in [0.1, 0.15) is 5.82 Å². The van der Waals surface area contributed by atoms with Gasteiger partial charge in [-0.15, -0.1) is 0 Å². The fourth-order valence-corrected chi connectivity index (χ4v) is 5.93. The number of benzene rings is 1. The van der Waals surface area contributed by atoms with Crippen LogP contribution in [0, 0.1) is 5.82 Å². The second-order valence-electron chi connectivity index (χ2n) is 8.52. The van der Waals surface area contributed by atoms with Gasteiger partial charge in [-0.3, -0.25) is 4.79 Å². The van der Waals surface area contributed by atoms with Crippen molar-refractivity contribution in [3.8, 4) is 5.69 Å². The standard InChI is InChI=1S/C22H29FN4O4S/c1-15-13-26(14-16(2)31-15)32(29,30)12-11-24-22(28)21-19-5-3-4-6-20(19)27(25-21)18-9-7-17(23)8-10-18/h7-10,15-16H,3-6,11-14H2,1-2H3,(H,24,28). The number of hydrogen-bond acceptors (Lipinski definition) is 5. The number of carbonyl (C=O) groups excluding carboxylic acids is 1. The number of morpholine rings is 1. The third kappa shape index (κ3) is 4.87. The second-order valence-corrected chi connectivity index (χ2v) is 10.6. The van der Waals surface area contributed by atoms with Gasteiger partial charge in [-0.05, 0) is 63.8 Å². The summed E-state index contributed by atoms with van der Waals surface area (Å²) in [5.74, 6) is -0.903. The van der Waals surface area contributed by atoms with Crippen LogP contribution >= 0.6 is 0 Å². The average molecular weight is 465 g/mol. The molecule has 2 aliphatic rings. The Hall–Kier alpha value is -2.30. The molecule has 10 heteroatoms. The first kappa shape index (κ1) is 22.9. The highest BCUT2D eigenvalue weighted by Gasteiger charge is 2.31. The number of nitrogens with zero attached hydrogens (tertiary/aromatic N) is 3. The Balaban J connectivity index is 1.46. The first-order valence-corrected chi connectivity index (χ1v) is 12.6. The lowest BCUT2D eigenvalue weighted by Gasteiger charge is -2.34. The third-order valence-corrected chi connectivity index (χ3v) is 7.70. The Morgan fingerprint density at radius 3 is 2.50 bits per heavy atom. The summed E-state index contributed by atoms with van der Waals surface area (Å²) in [6.45, 7) is 4.33. The minimum absolute atomic E-state index is 0.000529. The lowest BCUT2D eigenvalue weighted by Crippen LogP contribution is -2.49. The molecular formula is C22H29FN4O4S. The molecule has 0 saturated carbocycles. The van der Waals surface area contributed by atoms with E-state index in [9.17, 15) is 17.6 Å². The molecule has 1 aromatic heterocycles. The van der Waals surface area contributed by atoms with Crippen molar-refractivity contribution in [1.82, 2.24) is 19.4 Å². The van der Waals surface area contributed by atoms with E-state index >= 15 is 0 Å². The molecule has 1 N–H and O–H groups in total. The van der Waals surface area contributed by atoms with Crippen molar-refractivity contribution in [3.63, 3.8) is 0 Å². The zero-order chi connectivity index (χ0) is 22.9. The first-order valence-electron chi connectivity index (χ1n) is 11.0. The molecule has 1 aliphatic carbocycles. The summed E-state index contributed by atoms with van der Waals surface area (Å²) in [5, 5.41) is 7.25. The molecular weight excluding hydrogens is 435 g/mol. The van der Waals surface area contributed by atoms with Crippen molar-refractivity contribution in [2.75, 3.05) is 25.4 Å². The van der Waals surface area contributed by atoms with Gasteiger partial charge < -0.3 is 10.1 Å². The highest BCUT2D eigenvalue weighted by atomic mass is 32.2. The van der Waals surface area contributed by atoms with Crippen LogP contribution in [0.25, 0.3) is 5.69 Å². The van der Waals surface area contributed by atoms with Crippen molar-refractivity contribution in [3.05, 3.63) is 47.0 Å². The number of sulfonamides is 1. The number of carbonyl (C=O) groups is 1. The van der Waals surface area contributed by atoms with Gasteiger partial charge in [-0.1, -0.05) is 0 Å². The van der Waals surface area contributed by atoms with E-state index in [2.05, 4.69) is 10.4 Å². The number of nitrogens with one attached hydrogen (secondary N) is 1. The van der Waals surface area contributed by atoms with Crippen LogP contribution in [0.5, 0.6) is 0 Å². The van der Waals surface area contributed by atoms with Crippen molar-refractivity contribution >= 4 is 15.9 Å². The Morgan fingerprint density at radius 1 is 1.16 bits per heavy atom. The predicted octanol–water partition coefficient (Wildman–Crippen LogP) is 2.06. The van der Waals surface area contributed by atoms with Crippen LogP contribution in [0.2, 0.25) is 0 Å². The Kier molecular flexibility index (Phi) is 6.64. The van der Waals surface area contributed by atoms with Gasteiger partial charge in [0.15, 0.2) is 5.69 Å². The number of amides is 1. The second kappa shape index (κ2) is 9.29. The molecule has 2 heterocycles. The van der Waals surface area contributed by atoms with E-state index in [1.807, 2.05) is 13.8 Å². The van der Waals surface area contributed by atoms with Crippen LogP contribution in [0.4, 0.5) is 4.39 Å². The van der Waals surface area contributed by atoms with E-state index in [1.54, 1.807) is 16.8 Å². The minimum Gasteiger partial charge on any atom is -0.373 e. The Morgan fingerprint density at radius 2 is 1.81 bits per heavy atom. The van der Waals surface area contributed by atoms with Crippen LogP contribution < -0.4 is 5.32 Å². The van der Waals surface area contributed by atoms with Gasteiger partial charge in [0.05, 0.1) is 23.6 Å². The largest absolute Gasteiger partial charge is 0.373 e. The molecule has 1 saturated heterocycles. The van der Waals surface area contributed by atoms with E-state index in [1.165, 1.54) is 16.4 Å². The zero-order valence-electron chi connectivity index (χ0n) is 18.4. The topological polar surface area (TPSA) is 93.5 Å². The smallest absolute Gasteiger partial charge is 0.272 e. The lowest BCUT2D eigenvalue weighted by molar-refractivity contribution is -0.0440. The number of aromatic nitrogens is 2. The summed E-state index contributed by atoms with van der Waals surface area (Å²) >= 11 is 0. The summed E-state index contributed by atoms with van der Waals surface area (Å²) < 4.78 is 47.5. The molecule has 0 radical (unpaired) electrons. The van der Waals surface area contributed by atoms with Crippen molar-refractivity contribution in [2.24, 2.45) is 0 Å².